The van der Waals surface area contributed by atoms with Gasteiger partial charge in [0.2, 0.25) is 5.91 Å². The van der Waals surface area contributed by atoms with Crippen molar-refractivity contribution in [2.24, 2.45) is 0 Å². The van der Waals surface area contributed by atoms with Crippen LogP contribution in [0.5, 0.6) is 0 Å². The highest BCUT2D eigenvalue weighted by molar-refractivity contribution is 5.76. The molecule has 0 spiro atoms. The van der Waals surface area contributed by atoms with Crippen LogP contribution in [0.2, 0.25) is 0 Å². The lowest BCUT2D eigenvalue weighted by molar-refractivity contribution is -0.359. The Morgan fingerprint density at radius 3 is 1.46 bits per heavy atom. The molecular weight excluding hydrogens is 895 g/mol. The van der Waals surface area contributed by atoms with Gasteiger partial charge < -0.3 is 65.1 Å². The van der Waals surface area contributed by atoms with E-state index in [-0.39, 0.29) is 18.9 Å². The van der Waals surface area contributed by atoms with Gasteiger partial charge in [-0.25, -0.2) is 0 Å². The molecule has 2 aliphatic heterocycles. The summed E-state index contributed by atoms with van der Waals surface area (Å²) in [6.07, 6.45) is 39.9. The Hall–Kier alpha value is -3.35. The van der Waals surface area contributed by atoms with E-state index in [0.29, 0.717) is 19.3 Å². The number of aliphatic hydroxyl groups is 8. The summed E-state index contributed by atoms with van der Waals surface area (Å²) in [6, 6.07) is -0.864. The molecule has 0 radical (unpaired) electrons. The van der Waals surface area contributed by atoms with E-state index in [1.54, 1.807) is 0 Å². The third-order valence-corrected chi connectivity index (χ3v) is 12.0. The highest BCUT2D eigenvalue weighted by atomic mass is 16.7. The van der Waals surface area contributed by atoms with E-state index in [0.717, 1.165) is 89.9 Å². The number of unbranched alkanes of at least 4 members (excludes halogenated alkanes) is 7. The smallest absolute Gasteiger partial charge is 0.220 e. The highest BCUT2D eigenvalue weighted by Crippen LogP contribution is 2.30. The Labute approximate surface area is 419 Å². The molecule has 70 heavy (non-hydrogen) atoms. The van der Waals surface area contributed by atoms with Gasteiger partial charge >= 0.3 is 0 Å². The largest absolute Gasteiger partial charge is 0.394 e. The van der Waals surface area contributed by atoms with Crippen LogP contribution in [-0.2, 0) is 23.7 Å². The SMILES string of the molecule is CC/C=C\C/C=C\C/C=C\C/C=C\C/C=C\C/C=C\C/C=C\C/C=C\C/C=C\CCCC(=O)NC(COC1OC(CO)C(OC2OC(CO)C(O)C(O)C2O)C(O)C1O)C(O)CCCCCCCCC. The second kappa shape index (κ2) is 41.2. The van der Waals surface area contributed by atoms with Gasteiger partial charge in [0.1, 0.15) is 48.8 Å². The topological polar surface area (TPSA) is 228 Å². The fraction of sp³-hybridized carbons (Fsp3) is 0.661. The maximum atomic E-state index is 13.1. The van der Waals surface area contributed by atoms with Crippen LogP contribution in [0.1, 0.15) is 142 Å². The van der Waals surface area contributed by atoms with Crippen molar-refractivity contribution in [1.29, 1.82) is 0 Å². The maximum absolute atomic E-state index is 13.1. The molecule has 14 nitrogen and oxygen atoms in total. The lowest BCUT2D eigenvalue weighted by Crippen LogP contribution is -2.65. The minimum absolute atomic E-state index is 0.215. The van der Waals surface area contributed by atoms with Gasteiger partial charge in [-0.15, -0.1) is 0 Å². The van der Waals surface area contributed by atoms with Crippen LogP contribution in [0, 0.1) is 0 Å². The fourth-order valence-corrected chi connectivity index (χ4v) is 7.76. The average Bonchev–Trinajstić information content (AvgIpc) is 3.36. The third kappa shape index (κ3) is 27.5. The number of carbonyl (C=O) groups is 1. The molecule has 12 atom stereocenters. The molecular formula is C56H91NO13. The molecule has 14 heteroatoms. The standard InChI is InChI=1S/C56H91NO13/c1-3-5-7-9-11-12-13-14-15-16-17-18-19-20-21-22-23-24-25-26-27-28-29-30-31-32-34-36-38-40-48(61)57-44(45(60)39-37-35-33-10-8-6-4-2)43-67-55-53(66)51(64)54(47(42-59)69-55)70-56-52(65)50(63)49(62)46(41-58)68-56/h5,7,11-12,14-15,17-18,20-21,23-24,26-27,29-30,32,34,44-47,49-56,58-60,62-66H,3-4,6,8-10,13,16,19,22,25,28,31,33,35-43H2,1-2H3,(H,57,61)/b7-5-,12-11-,15-14-,18-17-,21-20-,24-23-,27-26-,30-29-,34-32-. The first-order chi connectivity index (χ1) is 34.1. The Bertz CT molecular complexity index is 1590. The van der Waals surface area contributed by atoms with Crippen molar-refractivity contribution < 1.29 is 64.6 Å². The van der Waals surface area contributed by atoms with E-state index in [4.69, 9.17) is 18.9 Å². The number of nitrogens with one attached hydrogen (secondary N) is 1. The molecule has 0 aromatic carbocycles. The molecule has 398 valence electrons. The van der Waals surface area contributed by atoms with Gasteiger partial charge in [0.15, 0.2) is 12.6 Å². The molecule has 1 amide bonds. The fourth-order valence-electron chi connectivity index (χ4n) is 7.76. The first kappa shape index (κ1) is 62.8. The average molecular weight is 986 g/mol. The molecule has 12 unspecified atom stereocenters. The van der Waals surface area contributed by atoms with Gasteiger partial charge in [-0.3, -0.25) is 4.79 Å². The first-order valence-electron chi connectivity index (χ1n) is 26.1. The Morgan fingerprint density at radius 1 is 0.529 bits per heavy atom. The van der Waals surface area contributed by atoms with Crippen molar-refractivity contribution in [3.8, 4) is 0 Å². The summed E-state index contributed by atoms with van der Waals surface area (Å²) in [4.78, 5) is 13.1. The highest BCUT2D eigenvalue weighted by Gasteiger charge is 2.51. The summed E-state index contributed by atoms with van der Waals surface area (Å²) in [7, 11) is 0. The van der Waals surface area contributed by atoms with Gasteiger partial charge in [-0.05, 0) is 77.0 Å². The maximum Gasteiger partial charge on any atom is 0.220 e. The van der Waals surface area contributed by atoms with Gasteiger partial charge in [-0.1, -0.05) is 168 Å². The second-order valence-corrected chi connectivity index (χ2v) is 17.9. The Balaban J connectivity index is 1.73. The second-order valence-electron chi connectivity index (χ2n) is 17.9. The van der Waals surface area contributed by atoms with Crippen molar-refractivity contribution in [3.63, 3.8) is 0 Å². The summed E-state index contributed by atoms with van der Waals surface area (Å²) in [5.74, 6) is -0.275. The molecule has 0 bridgehead atoms. The van der Waals surface area contributed by atoms with Gasteiger partial charge in [0, 0.05) is 6.42 Å². The van der Waals surface area contributed by atoms with Crippen LogP contribution in [-0.4, -0.2) is 140 Å². The van der Waals surface area contributed by atoms with Crippen LogP contribution in [0.4, 0.5) is 0 Å². The third-order valence-electron chi connectivity index (χ3n) is 12.0. The zero-order chi connectivity index (χ0) is 51.0. The number of amides is 1. The van der Waals surface area contributed by atoms with Crippen molar-refractivity contribution in [2.45, 2.75) is 216 Å². The molecule has 0 aromatic heterocycles. The van der Waals surface area contributed by atoms with Crippen molar-refractivity contribution >= 4 is 5.91 Å². The predicted octanol–water partition coefficient (Wildman–Crippen LogP) is 7.32. The van der Waals surface area contributed by atoms with Crippen molar-refractivity contribution in [3.05, 3.63) is 109 Å². The molecule has 2 aliphatic rings. The number of rotatable bonds is 38. The summed E-state index contributed by atoms with van der Waals surface area (Å²) in [6.45, 7) is 2.60. The number of ether oxygens (including phenoxy) is 4. The quantitative estimate of drug-likeness (QED) is 0.0219. The van der Waals surface area contributed by atoms with Gasteiger partial charge in [0.05, 0.1) is 32.0 Å². The molecule has 2 fully saturated rings. The lowest BCUT2D eigenvalue weighted by Gasteiger charge is -2.46. The summed E-state index contributed by atoms with van der Waals surface area (Å²) < 4.78 is 22.6. The Morgan fingerprint density at radius 2 is 0.971 bits per heavy atom. The molecule has 0 aliphatic carbocycles. The molecule has 2 heterocycles. The van der Waals surface area contributed by atoms with Crippen LogP contribution >= 0.6 is 0 Å². The first-order valence-corrected chi connectivity index (χ1v) is 26.1. The molecule has 9 N–H and O–H groups in total. The zero-order valence-electron chi connectivity index (χ0n) is 42.2. The summed E-state index contributed by atoms with van der Waals surface area (Å²) in [5, 5.41) is 86.5. The number of hydrogen-bond acceptors (Lipinski definition) is 13. The Kier molecular flexibility index (Phi) is 36.9. The molecule has 2 rings (SSSR count). The van der Waals surface area contributed by atoms with E-state index in [1.807, 2.05) is 6.08 Å². The van der Waals surface area contributed by atoms with Crippen molar-refractivity contribution in [2.75, 3.05) is 19.8 Å². The number of allylic oxidation sites excluding steroid dienone is 18. The van der Waals surface area contributed by atoms with E-state index in [2.05, 4.69) is 122 Å². The normalized spacial score (nSPS) is 26.9. The van der Waals surface area contributed by atoms with Crippen LogP contribution < -0.4 is 5.32 Å². The van der Waals surface area contributed by atoms with E-state index < -0.39 is 86.8 Å². The van der Waals surface area contributed by atoms with Gasteiger partial charge in [-0.2, -0.15) is 0 Å². The van der Waals surface area contributed by atoms with Crippen LogP contribution in [0.3, 0.4) is 0 Å². The molecule has 0 saturated carbocycles. The molecule has 2 saturated heterocycles. The van der Waals surface area contributed by atoms with Crippen molar-refractivity contribution in [1.82, 2.24) is 5.32 Å². The minimum atomic E-state index is -1.79. The zero-order valence-corrected chi connectivity index (χ0v) is 42.2. The summed E-state index contributed by atoms with van der Waals surface area (Å²) >= 11 is 0. The van der Waals surface area contributed by atoms with Crippen LogP contribution in [0.15, 0.2) is 109 Å². The number of carbonyl (C=O) groups excluding carboxylic acids is 1. The van der Waals surface area contributed by atoms with E-state index in [9.17, 15) is 45.6 Å². The van der Waals surface area contributed by atoms with Gasteiger partial charge in [0.25, 0.3) is 0 Å². The minimum Gasteiger partial charge on any atom is -0.394 e. The number of hydrogen-bond donors (Lipinski definition) is 9. The summed E-state index contributed by atoms with van der Waals surface area (Å²) in [5.41, 5.74) is 0. The predicted molar refractivity (Wildman–Crippen MR) is 276 cm³/mol. The number of aliphatic hydroxyl groups excluding tert-OH is 8. The monoisotopic (exact) mass is 986 g/mol. The van der Waals surface area contributed by atoms with Crippen LogP contribution in [0.25, 0.3) is 0 Å². The molecule has 0 aromatic rings. The van der Waals surface area contributed by atoms with E-state index >= 15 is 0 Å². The van der Waals surface area contributed by atoms with E-state index in [1.165, 1.54) is 12.8 Å². The lowest BCUT2D eigenvalue weighted by atomic mass is 9.97.